The molecule has 1 heterocycles. The molecule has 0 radical (unpaired) electrons. The van der Waals surface area contributed by atoms with Crippen molar-refractivity contribution in [2.24, 2.45) is 11.8 Å². The number of carbonyl (C=O) groups excluding carboxylic acids is 2. The fraction of sp³-hybridized carbons (Fsp3) is 0.867. The number of alkyl halides is 1. The van der Waals surface area contributed by atoms with Gasteiger partial charge in [0.25, 0.3) is 0 Å². The molecular weight excluding hydrogens is 259 g/mol. The lowest BCUT2D eigenvalue weighted by Gasteiger charge is -2.51. The number of hydrogen-bond acceptors (Lipinski definition) is 2. The highest BCUT2D eigenvalue weighted by Crippen LogP contribution is 2.49. The first-order valence-electron chi connectivity index (χ1n) is 7.65. The molecule has 3 fully saturated rings. The fourth-order valence-corrected chi connectivity index (χ4v) is 3.57. The van der Waals surface area contributed by atoms with Crippen molar-refractivity contribution in [3.05, 3.63) is 0 Å². The first-order chi connectivity index (χ1) is 9.44. The minimum absolute atomic E-state index is 0.0116. The van der Waals surface area contributed by atoms with Crippen LogP contribution in [0.3, 0.4) is 0 Å². The lowest BCUT2D eigenvalue weighted by atomic mass is 9.81. The largest absolute Gasteiger partial charge is 0.340 e. The number of nitrogens with one attached hydrogen (secondary N) is 1. The van der Waals surface area contributed by atoms with Crippen LogP contribution in [-0.4, -0.2) is 41.0 Å². The van der Waals surface area contributed by atoms with E-state index in [1.807, 2.05) is 13.8 Å². The van der Waals surface area contributed by atoms with Crippen LogP contribution in [0.15, 0.2) is 0 Å². The van der Waals surface area contributed by atoms with Crippen molar-refractivity contribution in [1.82, 2.24) is 10.2 Å². The Morgan fingerprint density at radius 2 is 1.80 bits per heavy atom. The Morgan fingerprint density at radius 3 is 2.30 bits per heavy atom. The zero-order valence-electron chi connectivity index (χ0n) is 12.2. The van der Waals surface area contributed by atoms with Gasteiger partial charge in [-0.25, -0.2) is 0 Å². The molecule has 2 unspecified atom stereocenters. The zero-order valence-corrected chi connectivity index (χ0v) is 12.2. The molecule has 2 saturated carbocycles. The standard InChI is InChI=1S/C15H23FN2O2/c1-14(10-4-5-10)13(20)18(9-3-8-16)15(2,11-6-7-11)12(19)17-14/h10-11H,3-9H2,1-2H3,(H,17,19). The van der Waals surface area contributed by atoms with Gasteiger partial charge in [0.05, 0.1) is 6.67 Å². The molecule has 0 aromatic rings. The third kappa shape index (κ3) is 1.85. The van der Waals surface area contributed by atoms with E-state index in [1.165, 1.54) is 0 Å². The maximum atomic E-state index is 12.9. The van der Waals surface area contributed by atoms with Crippen LogP contribution in [0.25, 0.3) is 0 Å². The Labute approximate surface area is 119 Å². The van der Waals surface area contributed by atoms with Crippen LogP contribution in [0.5, 0.6) is 0 Å². The van der Waals surface area contributed by atoms with Crippen molar-refractivity contribution in [2.45, 2.75) is 57.0 Å². The highest BCUT2D eigenvalue weighted by atomic mass is 19.1. The molecule has 2 aliphatic carbocycles. The number of nitrogens with zero attached hydrogens (tertiary/aromatic N) is 1. The summed E-state index contributed by atoms with van der Waals surface area (Å²) in [5, 5.41) is 3.00. The van der Waals surface area contributed by atoms with Gasteiger partial charge < -0.3 is 10.2 Å². The molecule has 4 nitrogen and oxygen atoms in total. The predicted octanol–water partition coefficient (Wildman–Crippen LogP) is 1.64. The molecule has 3 aliphatic rings. The molecule has 112 valence electrons. The van der Waals surface area contributed by atoms with E-state index in [2.05, 4.69) is 5.32 Å². The third-order valence-corrected chi connectivity index (χ3v) is 5.36. The summed E-state index contributed by atoms with van der Waals surface area (Å²) < 4.78 is 12.6. The summed E-state index contributed by atoms with van der Waals surface area (Å²) in [6, 6.07) is 0. The van der Waals surface area contributed by atoms with E-state index in [0.717, 1.165) is 25.7 Å². The number of piperazine rings is 1. The minimum Gasteiger partial charge on any atom is -0.340 e. The van der Waals surface area contributed by atoms with Crippen LogP contribution in [0.2, 0.25) is 0 Å². The van der Waals surface area contributed by atoms with Gasteiger partial charge in [0, 0.05) is 6.54 Å². The Hall–Kier alpha value is -1.13. The van der Waals surface area contributed by atoms with Gasteiger partial charge in [0.1, 0.15) is 11.1 Å². The molecule has 0 bridgehead atoms. The maximum Gasteiger partial charge on any atom is 0.249 e. The highest BCUT2D eigenvalue weighted by Gasteiger charge is 2.62. The second-order valence-electron chi connectivity index (χ2n) is 6.85. The Morgan fingerprint density at radius 1 is 1.20 bits per heavy atom. The fourth-order valence-electron chi connectivity index (χ4n) is 3.57. The monoisotopic (exact) mass is 282 g/mol. The van der Waals surface area contributed by atoms with E-state index in [9.17, 15) is 14.0 Å². The molecule has 0 aromatic heterocycles. The number of hydrogen-bond donors (Lipinski definition) is 1. The summed E-state index contributed by atoms with van der Waals surface area (Å²) in [6.07, 6.45) is 4.23. The number of rotatable bonds is 5. The third-order valence-electron chi connectivity index (χ3n) is 5.36. The smallest absolute Gasteiger partial charge is 0.249 e. The van der Waals surface area contributed by atoms with Gasteiger partial charge in [-0.05, 0) is 57.8 Å². The van der Waals surface area contributed by atoms with E-state index in [-0.39, 0.29) is 23.7 Å². The van der Waals surface area contributed by atoms with Crippen molar-refractivity contribution >= 4 is 11.8 Å². The number of halogens is 1. The molecule has 1 N–H and O–H groups in total. The molecule has 3 rings (SSSR count). The topological polar surface area (TPSA) is 49.4 Å². The summed E-state index contributed by atoms with van der Waals surface area (Å²) in [4.78, 5) is 27.3. The Kier molecular flexibility index (Phi) is 3.07. The summed E-state index contributed by atoms with van der Waals surface area (Å²) in [7, 11) is 0. The van der Waals surface area contributed by atoms with E-state index >= 15 is 0 Å². The van der Waals surface area contributed by atoms with Crippen molar-refractivity contribution in [3.63, 3.8) is 0 Å². The SMILES string of the molecule is CC1(C2CC2)NC(=O)C(C)(C2CC2)N(CCCF)C1=O. The van der Waals surface area contributed by atoms with Gasteiger partial charge in [-0.2, -0.15) is 0 Å². The molecule has 5 heteroatoms. The lowest BCUT2D eigenvalue weighted by Crippen LogP contribution is -2.75. The van der Waals surface area contributed by atoms with Crippen LogP contribution < -0.4 is 5.32 Å². The average Bonchev–Trinajstić information content (AvgIpc) is 3.28. The van der Waals surface area contributed by atoms with Gasteiger partial charge in [-0.15, -0.1) is 0 Å². The van der Waals surface area contributed by atoms with E-state index in [0.29, 0.717) is 13.0 Å². The second kappa shape index (κ2) is 4.43. The summed E-state index contributed by atoms with van der Waals surface area (Å²) in [6.45, 7) is 3.58. The molecule has 2 atom stereocenters. The van der Waals surface area contributed by atoms with Gasteiger partial charge in [-0.1, -0.05) is 0 Å². The van der Waals surface area contributed by atoms with Crippen molar-refractivity contribution in [3.8, 4) is 0 Å². The second-order valence-corrected chi connectivity index (χ2v) is 6.85. The lowest BCUT2D eigenvalue weighted by molar-refractivity contribution is -0.164. The molecule has 2 amide bonds. The highest BCUT2D eigenvalue weighted by molar-refractivity contribution is 6.02. The van der Waals surface area contributed by atoms with Crippen LogP contribution in [0.4, 0.5) is 4.39 Å². The van der Waals surface area contributed by atoms with Gasteiger partial charge in [0.15, 0.2) is 0 Å². The average molecular weight is 282 g/mol. The Balaban J connectivity index is 1.92. The van der Waals surface area contributed by atoms with E-state index in [4.69, 9.17) is 0 Å². The number of amides is 2. The predicted molar refractivity (Wildman–Crippen MR) is 72.7 cm³/mol. The summed E-state index contributed by atoms with van der Waals surface area (Å²) >= 11 is 0. The molecule has 0 spiro atoms. The Bertz CT molecular complexity index is 447. The van der Waals surface area contributed by atoms with Crippen LogP contribution in [0.1, 0.15) is 46.0 Å². The van der Waals surface area contributed by atoms with Crippen LogP contribution >= 0.6 is 0 Å². The summed E-state index contributed by atoms with van der Waals surface area (Å²) in [5.74, 6) is 0.417. The normalized spacial score (nSPS) is 38.0. The molecule has 1 aliphatic heterocycles. The first-order valence-corrected chi connectivity index (χ1v) is 7.65. The minimum atomic E-state index is -0.777. The van der Waals surface area contributed by atoms with Crippen LogP contribution in [-0.2, 0) is 9.59 Å². The van der Waals surface area contributed by atoms with Gasteiger partial charge in [-0.3, -0.25) is 14.0 Å². The van der Waals surface area contributed by atoms with E-state index in [1.54, 1.807) is 4.90 Å². The first kappa shape index (κ1) is 13.8. The van der Waals surface area contributed by atoms with Gasteiger partial charge >= 0.3 is 0 Å². The number of carbonyl (C=O) groups is 2. The molecule has 0 aromatic carbocycles. The van der Waals surface area contributed by atoms with Crippen molar-refractivity contribution < 1.29 is 14.0 Å². The molecular formula is C15H23FN2O2. The van der Waals surface area contributed by atoms with Crippen molar-refractivity contribution in [1.29, 1.82) is 0 Å². The molecule has 1 saturated heterocycles. The van der Waals surface area contributed by atoms with Crippen LogP contribution in [0, 0.1) is 11.8 Å². The maximum absolute atomic E-state index is 12.9. The molecule has 20 heavy (non-hydrogen) atoms. The zero-order chi connectivity index (χ0) is 14.5. The van der Waals surface area contributed by atoms with Gasteiger partial charge in [0.2, 0.25) is 11.8 Å². The van der Waals surface area contributed by atoms with E-state index < -0.39 is 17.8 Å². The quantitative estimate of drug-likeness (QED) is 0.833. The summed E-state index contributed by atoms with van der Waals surface area (Å²) in [5.41, 5.74) is -1.55. The van der Waals surface area contributed by atoms with Crippen molar-refractivity contribution in [2.75, 3.05) is 13.2 Å².